The van der Waals surface area contributed by atoms with Crippen molar-refractivity contribution in [2.45, 2.75) is 52.5 Å². The van der Waals surface area contributed by atoms with E-state index in [0.717, 1.165) is 10.3 Å². The highest BCUT2D eigenvalue weighted by Gasteiger charge is 2.20. The van der Waals surface area contributed by atoms with E-state index in [4.69, 9.17) is 4.74 Å². The minimum absolute atomic E-state index is 0.0505. The van der Waals surface area contributed by atoms with Gasteiger partial charge in [0.15, 0.2) is 11.2 Å². The summed E-state index contributed by atoms with van der Waals surface area (Å²) in [6.45, 7) is 8.96. The first-order valence-corrected chi connectivity index (χ1v) is 10.7. The lowest BCUT2D eigenvalue weighted by Gasteiger charge is -2.19. The smallest absolute Gasteiger partial charge is 0.332 e. The van der Waals surface area contributed by atoms with Crippen LogP contribution in [0.25, 0.3) is 11.2 Å². The summed E-state index contributed by atoms with van der Waals surface area (Å²) >= 11 is 0. The zero-order valence-electron chi connectivity index (χ0n) is 19.6. The number of imidazole rings is 1. The van der Waals surface area contributed by atoms with Crippen LogP contribution in [0.2, 0.25) is 0 Å². The van der Waals surface area contributed by atoms with Gasteiger partial charge in [-0.2, -0.15) is 4.98 Å². The van der Waals surface area contributed by atoms with E-state index in [1.54, 1.807) is 11.6 Å². The van der Waals surface area contributed by atoms with Gasteiger partial charge in [-0.15, -0.1) is 0 Å². The van der Waals surface area contributed by atoms with Crippen LogP contribution in [0.4, 0.5) is 5.69 Å². The van der Waals surface area contributed by atoms with E-state index < -0.39 is 11.2 Å². The summed E-state index contributed by atoms with van der Waals surface area (Å²) in [7, 11) is 3.00. The molecule has 0 saturated carbocycles. The average molecular weight is 442 g/mol. The predicted molar refractivity (Wildman–Crippen MR) is 124 cm³/mol. The number of amides is 1. The maximum atomic E-state index is 12.7. The molecule has 0 atom stereocenters. The summed E-state index contributed by atoms with van der Waals surface area (Å²) in [6.07, 6.45) is 0.738. The molecule has 9 heteroatoms. The number of fused-ring (bicyclic) bond motifs is 1. The molecule has 0 bridgehead atoms. The van der Waals surface area contributed by atoms with E-state index >= 15 is 0 Å². The predicted octanol–water partition coefficient (Wildman–Crippen LogP) is 2.55. The number of hydrogen-bond acceptors (Lipinski definition) is 5. The topological polar surface area (TPSA) is 100 Å². The number of carbonyl (C=O) groups is 1. The lowest BCUT2D eigenvalue weighted by molar-refractivity contribution is -0.116. The molecule has 0 unspecified atom stereocenters. The average Bonchev–Trinajstić information content (AvgIpc) is 3.09. The van der Waals surface area contributed by atoms with E-state index in [-0.39, 0.29) is 34.9 Å². The Balaban J connectivity index is 1.74. The van der Waals surface area contributed by atoms with Crippen molar-refractivity contribution in [1.82, 2.24) is 18.7 Å². The van der Waals surface area contributed by atoms with Gasteiger partial charge in [-0.3, -0.25) is 23.3 Å². The maximum Gasteiger partial charge on any atom is 0.332 e. The van der Waals surface area contributed by atoms with Crippen molar-refractivity contribution in [1.29, 1.82) is 0 Å². The zero-order chi connectivity index (χ0) is 23.6. The molecule has 0 spiro atoms. The number of anilines is 1. The van der Waals surface area contributed by atoms with Gasteiger partial charge in [-0.05, 0) is 36.5 Å². The van der Waals surface area contributed by atoms with Crippen LogP contribution >= 0.6 is 0 Å². The number of benzene rings is 1. The number of rotatable bonds is 7. The fourth-order valence-corrected chi connectivity index (χ4v) is 3.55. The molecule has 1 amide bonds. The third-order valence-electron chi connectivity index (χ3n) is 5.41. The van der Waals surface area contributed by atoms with Gasteiger partial charge in [0.1, 0.15) is 0 Å². The fraction of sp³-hybridized carbons (Fsp3) is 0.478. The normalized spacial score (nSPS) is 11.7. The molecule has 0 aliphatic heterocycles. The molecule has 0 fully saturated rings. The van der Waals surface area contributed by atoms with Gasteiger partial charge in [0.05, 0.1) is 6.61 Å². The van der Waals surface area contributed by atoms with E-state index in [0.29, 0.717) is 19.6 Å². The number of aryl methyl sites for hydroxylation is 2. The lowest BCUT2D eigenvalue weighted by atomic mass is 9.87. The van der Waals surface area contributed by atoms with Crippen LogP contribution in [0, 0.1) is 0 Å². The van der Waals surface area contributed by atoms with E-state index in [1.165, 1.54) is 17.2 Å². The molecule has 32 heavy (non-hydrogen) atoms. The highest BCUT2D eigenvalue weighted by atomic mass is 16.5. The van der Waals surface area contributed by atoms with Crippen LogP contribution in [0.3, 0.4) is 0 Å². The van der Waals surface area contributed by atoms with Crippen LogP contribution in [0.1, 0.15) is 46.1 Å². The number of carbonyl (C=O) groups excluding carboxylic acids is 1. The van der Waals surface area contributed by atoms with Crippen molar-refractivity contribution in [2.24, 2.45) is 14.1 Å². The van der Waals surface area contributed by atoms with Crippen LogP contribution in [-0.2, 0) is 30.8 Å². The van der Waals surface area contributed by atoms with Crippen molar-refractivity contribution in [3.8, 4) is 6.01 Å². The fourth-order valence-electron chi connectivity index (χ4n) is 3.55. The summed E-state index contributed by atoms with van der Waals surface area (Å²) in [6, 6.07) is 8.10. The van der Waals surface area contributed by atoms with Crippen LogP contribution < -0.4 is 21.3 Å². The van der Waals surface area contributed by atoms with Crippen LogP contribution in [0.15, 0.2) is 33.9 Å². The Morgan fingerprint density at radius 3 is 2.34 bits per heavy atom. The Morgan fingerprint density at radius 2 is 1.75 bits per heavy atom. The number of nitrogens with zero attached hydrogens (tertiary/aromatic N) is 4. The number of aromatic nitrogens is 4. The van der Waals surface area contributed by atoms with Crippen LogP contribution in [0.5, 0.6) is 6.01 Å². The minimum atomic E-state index is -0.452. The monoisotopic (exact) mass is 441 g/mol. The first-order chi connectivity index (χ1) is 15.0. The summed E-state index contributed by atoms with van der Waals surface area (Å²) in [5.74, 6) is -0.115. The van der Waals surface area contributed by atoms with Crippen molar-refractivity contribution in [3.05, 3.63) is 50.7 Å². The third kappa shape index (κ3) is 4.61. The second kappa shape index (κ2) is 9.02. The van der Waals surface area contributed by atoms with Crippen LogP contribution in [-0.4, -0.2) is 31.2 Å². The van der Waals surface area contributed by atoms with Crippen molar-refractivity contribution in [2.75, 3.05) is 11.9 Å². The molecule has 3 rings (SSSR count). The van der Waals surface area contributed by atoms with E-state index in [1.807, 2.05) is 31.2 Å². The van der Waals surface area contributed by atoms with Gasteiger partial charge in [-0.25, -0.2) is 4.79 Å². The molecule has 0 aliphatic rings. The summed E-state index contributed by atoms with van der Waals surface area (Å²) < 4.78 is 9.61. The molecular formula is C23H31N5O4. The van der Waals surface area contributed by atoms with Gasteiger partial charge < -0.3 is 10.1 Å². The number of nitrogens with one attached hydrogen (secondary N) is 1. The second-order valence-electron chi connectivity index (χ2n) is 8.84. The molecule has 1 N–H and O–H groups in total. The third-order valence-corrected chi connectivity index (χ3v) is 5.41. The molecule has 2 aromatic heterocycles. The van der Waals surface area contributed by atoms with Gasteiger partial charge in [0.2, 0.25) is 5.91 Å². The quantitative estimate of drug-likeness (QED) is 0.607. The van der Waals surface area contributed by atoms with Gasteiger partial charge in [0, 0.05) is 32.7 Å². The van der Waals surface area contributed by atoms with Gasteiger partial charge >= 0.3 is 5.69 Å². The number of ether oxygens (including phenoxy) is 1. The summed E-state index contributed by atoms with van der Waals surface area (Å²) in [5, 5.41) is 2.91. The zero-order valence-corrected chi connectivity index (χ0v) is 19.6. The van der Waals surface area contributed by atoms with Crippen molar-refractivity contribution in [3.63, 3.8) is 0 Å². The Labute approximate surface area is 186 Å². The largest absolute Gasteiger partial charge is 0.465 e. The highest BCUT2D eigenvalue weighted by molar-refractivity contribution is 5.90. The number of hydrogen-bond donors (Lipinski definition) is 1. The Bertz CT molecular complexity index is 1240. The Morgan fingerprint density at radius 1 is 1.09 bits per heavy atom. The molecule has 0 aliphatic carbocycles. The highest BCUT2D eigenvalue weighted by Crippen LogP contribution is 2.23. The SMILES string of the molecule is CCOc1nc2c(c(=O)n(C)c(=O)n2C)n1CCCC(=O)Nc1ccc(C(C)(C)C)cc1. The second-order valence-corrected chi connectivity index (χ2v) is 8.84. The van der Waals surface area contributed by atoms with Crippen molar-refractivity contribution < 1.29 is 9.53 Å². The van der Waals surface area contributed by atoms with Gasteiger partial charge in [-0.1, -0.05) is 32.9 Å². The summed E-state index contributed by atoms with van der Waals surface area (Å²) in [5.41, 5.74) is 1.66. The summed E-state index contributed by atoms with van der Waals surface area (Å²) in [4.78, 5) is 41.7. The standard InChI is InChI=1S/C23H31N5O4/c1-7-32-21-25-19-18(20(30)27(6)22(31)26(19)5)28(21)14-8-9-17(29)24-16-12-10-15(11-13-16)23(2,3)4/h10-13H,7-9,14H2,1-6H3,(H,24,29). The first-order valence-electron chi connectivity index (χ1n) is 10.7. The molecule has 9 nitrogen and oxygen atoms in total. The minimum Gasteiger partial charge on any atom is -0.465 e. The molecule has 0 radical (unpaired) electrons. The molecular weight excluding hydrogens is 410 g/mol. The molecule has 2 heterocycles. The van der Waals surface area contributed by atoms with E-state index in [9.17, 15) is 14.4 Å². The van der Waals surface area contributed by atoms with E-state index in [2.05, 4.69) is 31.1 Å². The molecule has 3 aromatic rings. The van der Waals surface area contributed by atoms with Crippen molar-refractivity contribution >= 4 is 22.8 Å². The Hall–Kier alpha value is -3.36. The maximum absolute atomic E-state index is 12.7. The Kier molecular flexibility index (Phi) is 6.57. The van der Waals surface area contributed by atoms with Gasteiger partial charge in [0.25, 0.3) is 11.6 Å². The first kappa shape index (κ1) is 23.3. The molecule has 172 valence electrons. The molecule has 1 aromatic carbocycles. The lowest BCUT2D eigenvalue weighted by Crippen LogP contribution is -2.37. The molecule has 0 saturated heterocycles.